The highest BCUT2D eigenvalue weighted by Gasteiger charge is 2.28. The highest BCUT2D eigenvalue weighted by atomic mass is 35.5. The molecule has 0 unspecified atom stereocenters. The minimum atomic E-state index is -3.24. The summed E-state index contributed by atoms with van der Waals surface area (Å²) in [4.78, 5) is 0. The number of sulfonamides is 1. The van der Waals surface area contributed by atoms with Crippen molar-refractivity contribution in [2.75, 3.05) is 19.4 Å². The van der Waals surface area contributed by atoms with Gasteiger partial charge in [-0.3, -0.25) is 0 Å². The molecule has 0 heterocycles. The Morgan fingerprint density at radius 1 is 1.44 bits per heavy atom. The number of rotatable bonds is 6. The van der Waals surface area contributed by atoms with Crippen LogP contribution in [0, 0.1) is 0 Å². The highest BCUT2D eigenvalue weighted by Crippen LogP contribution is 2.26. The molecule has 0 fully saturated rings. The largest absolute Gasteiger partial charge is 0.372 e. The van der Waals surface area contributed by atoms with E-state index in [-0.39, 0.29) is 12.3 Å². The van der Waals surface area contributed by atoms with E-state index in [9.17, 15) is 8.42 Å². The van der Waals surface area contributed by atoms with Gasteiger partial charge in [-0.15, -0.1) is 0 Å². The van der Waals surface area contributed by atoms with E-state index in [1.807, 2.05) is 19.1 Å². The monoisotopic (exact) mass is 291 g/mol. The van der Waals surface area contributed by atoms with Crippen LogP contribution in [0.2, 0.25) is 5.02 Å². The van der Waals surface area contributed by atoms with Crippen LogP contribution in [0.5, 0.6) is 0 Å². The molecule has 0 aliphatic carbocycles. The van der Waals surface area contributed by atoms with Crippen LogP contribution in [0.3, 0.4) is 0 Å². The lowest BCUT2D eigenvalue weighted by molar-refractivity contribution is 0.00700. The summed E-state index contributed by atoms with van der Waals surface area (Å²) < 4.78 is 30.9. The summed E-state index contributed by atoms with van der Waals surface area (Å²) >= 11 is 5.93. The zero-order valence-electron chi connectivity index (χ0n) is 10.7. The van der Waals surface area contributed by atoms with Crippen LogP contribution < -0.4 is 4.72 Å². The standard InChI is InChI=1S/C12H18ClNO3S/c1-4-18(15,16)14-9-12(2,17-3)10-6-5-7-11(13)8-10/h5-8,14H,4,9H2,1-3H3/t12-/m0/s1. The van der Waals surface area contributed by atoms with Gasteiger partial charge in [0.1, 0.15) is 5.60 Å². The fraction of sp³-hybridized carbons (Fsp3) is 0.500. The van der Waals surface area contributed by atoms with Gasteiger partial charge in [0.25, 0.3) is 0 Å². The molecule has 18 heavy (non-hydrogen) atoms. The first-order chi connectivity index (χ1) is 8.33. The van der Waals surface area contributed by atoms with Crippen molar-refractivity contribution in [3.05, 3.63) is 34.9 Å². The van der Waals surface area contributed by atoms with E-state index in [1.54, 1.807) is 26.2 Å². The van der Waals surface area contributed by atoms with Gasteiger partial charge in [0.15, 0.2) is 0 Å². The molecule has 1 N–H and O–H groups in total. The SMILES string of the molecule is CCS(=O)(=O)NC[C@](C)(OC)c1cccc(Cl)c1. The topological polar surface area (TPSA) is 55.4 Å². The predicted molar refractivity (Wildman–Crippen MR) is 73.3 cm³/mol. The van der Waals surface area contributed by atoms with Crippen LogP contribution in [0.25, 0.3) is 0 Å². The molecule has 1 rings (SSSR count). The van der Waals surface area contributed by atoms with Crippen LogP contribution in [0.15, 0.2) is 24.3 Å². The Morgan fingerprint density at radius 3 is 2.61 bits per heavy atom. The zero-order valence-corrected chi connectivity index (χ0v) is 12.3. The molecule has 102 valence electrons. The maximum absolute atomic E-state index is 11.5. The van der Waals surface area contributed by atoms with E-state index in [1.165, 1.54) is 0 Å². The van der Waals surface area contributed by atoms with Crippen LogP contribution in [0.1, 0.15) is 19.4 Å². The molecule has 0 saturated heterocycles. The lowest BCUT2D eigenvalue weighted by Crippen LogP contribution is -2.40. The summed E-state index contributed by atoms with van der Waals surface area (Å²) in [5.41, 5.74) is 0.0870. The third-order valence-corrected chi connectivity index (χ3v) is 4.47. The quantitative estimate of drug-likeness (QED) is 0.874. The predicted octanol–water partition coefficient (Wildman–Crippen LogP) is 2.14. The Morgan fingerprint density at radius 2 is 2.11 bits per heavy atom. The van der Waals surface area contributed by atoms with Gasteiger partial charge in [0, 0.05) is 18.7 Å². The molecule has 1 atom stereocenters. The first-order valence-corrected chi connectivity index (χ1v) is 7.64. The summed E-state index contributed by atoms with van der Waals surface area (Å²) in [6.07, 6.45) is 0. The summed E-state index contributed by atoms with van der Waals surface area (Å²) in [5.74, 6) is 0.0440. The average molecular weight is 292 g/mol. The summed E-state index contributed by atoms with van der Waals surface area (Å²) in [6.45, 7) is 3.57. The van der Waals surface area contributed by atoms with Crippen LogP contribution in [-0.2, 0) is 20.4 Å². The zero-order chi connectivity index (χ0) is 13.8. The Bertz CT molecular complexity index is 504. The molecule has 0 aliphatic rings. The summed E-state index contributed by atoms with van der Waals surface area (Å²) in [5, 5.41) is 0.592. The van der Waals surface area contributed by atoms with Crippen LogP contribution in [0.4, 0.5) is 0 Å². The fourth-order valence-electron chi connectivity index (χ4n) is 1.46. The maximum atomic E-state index is 11.5. The van der Waals surface area contributed by atoms with Gasteiger partial charge >= 0.3 is 0 Å². The third-order valence-electron chi connectivity index (χ3n) is 2.90. The summed E-state index contributed by atoms with van der Waals surface area (Å²) in [7, 11) is -1.70. The Kier molecular flexibility index (Phi) is 5.16. The molecule has 1 aromatic carbocycles. The molecule has 0 radical (unpaired) electrons. The Balaban J connectivity index is 2.93. The second-order valence-corrected chi connectivity index (χ2v) is 6.70. The number of hydrogen-bond acceptors (Lipinski definition) is 3. The smallest absolute Gasteiger partial charge is 0.211 e. The van der Waals surface area contributed by atoms with Gasteiger partial charge in [-0.1, -0.05) is 23.7 Å². The number of halogens is 1. The molecule has 1 aromatic rings. The van der Waals surface area contributed by atoms with Crippen LogP contribution >= 0.6 is 11.6 Å². The highest BCUT2D eigenvalue weighted by molar-refractivity contribution is 7.89. The minimum Gasteiger partial charge on any atom is -0.372 e. The minimum absolute atomic E-state index is 0.0440. The van der Waals surface area contributed by atoms with Gasteiger partial charge in [0.05, 0.1) is 5.75 Å². The van der Waals surface area contributed by atoms with Gasteiger partial charge in [-0.05, 0) is 31.5 Å². The second kappa shape index (κ2) is 6.02. The van der Waals surface area contributed by atoms with Gasteiger partial charge in [0.2, 0.25) is 10.0 Å². The first-order valence-electron chi connectivity index (χ1n) is 5.61. The van der Waals surface area contributed by atoms with Crippen molar-refractivity contribution in [2.45, 2.75) is 19.4 Å². The fourth-order valence-corrected chi connectivity index (χ4v) is 2.35. The van der Waals surface area contributed by atoms with Crippen molar-refractivity contribution < 1.29 is 13.2 Å². The molecule has 0 amide bonds. The molecule has 4 nitrogen and oxygen atoms in total. The Hall–Kier alpha value is -0.620. The molecule has 0 bridgehead atoms. The third kappa shape index (κ3) is 3.95. The molecular formula is C12H18ClNO3S. The van der Waals surface area contributed by atoms with E-state index in [0.29, 0.717) is 5.02 Å². The van der Waals surface area contributed by atoms with E-state index >= 15 is 0 Å². The first kappa shape index (κ1) is 15.4. The van der Waals surface area contributed by atoms with Crippen molar-refractivity contribution in [3.63, 3.8) is 0 Å². The lowest BCUT2D eigenvalue weighted by Gasteiger charge is -2.29. The molecule has 0 spiro atoms. The molecular weight excluding hydrogens is 274 g/mol. The number of nitrogens with one attached hydrogen (secondary N) is 1. The number of ether oxygens (including phenoxy) is 1. The van der Waals surface area contributed by atoms with Crippen molar-refractivity contribution in [2.24, 2.45) is 0 Å². The average Bonchev–Trinajstić information content (AvgIpc) is 2.36. The normalized spacial score (nSPS) is 15.3. The van der Waals surface area contributed by atoms with E-state index in [2.05, 4.69) is 4.72 Å². The van der Waals surface area contributed by atoms with Crippen LogP contribution in [-0.4, -0.2) is 27.8 Å². The van der Waals surface area contributed by atoms with Gasteiger partial charge < -0.3 is 4.74 Å². The van der Waals surface area contributed by atoms with E-state index in [0.717, 1.165) is 5.56 Å². The van der Waals surface area contributed by atoms with E-state index < -0.39 is 15.6 Å². The maximum Gasteiger partial charge on any atom is 0.211 e. The van der Waals surface area contributed by atoms with Crippen molar-refractivity contribution in [1.82, 2.24) is 4.72 Å². The molecule has 0 aliphatic heterocycles. The molecule has 0 aromatic heterocycles. The van der Waals surface area contributed by atoms with Crippen molar-refractivity contribution in [1.29, 1.82) is 0 Å². The van der Waals surface area contributed by atoms with Gasteiger partial charge in [-0.2, -0.15) is 0 Å². The van der Waals surface area contributed by atoms with Crippen molar-refractivity contribution in [3.8, 4) is 0 Å². The van der Waals surface area contributed by atoms with Crippen molar-refractivity contribution >= 4 is 21.6 Å². The van der Waals surface area contributed by atoms with Gasteiger partial charge in [-0.25, -0.2) is 13.1 Å². The number of methoxy groups -OCH3 is 1. The number of hydrogen-bond donors (Lipinski definition) is 1. The molecule has 0 saturated carbocycles. The second-order valence-electron chi connectivity index (χ2n) is 4.17. The molecule has 6 heteroatoms. The van der Waals surface area contributed by atoms with E-state index in [4.69, 9.17) is 16.3 Å². The Labute approximate surface area is 113 Å². The summed E-state index contributed by atoms with van der Waals surface area (Å²) in [6, 6.07) is 7.20. The number of benzene rings is 1. The lowest BCUT2D eigenvalue weighted by atomic mass is 9.96.